The highest BCUT2D eigenvalue weighted by Gasteiger charge is 2.12. The van der Waals surface area contributed by atoms with Crippen LogP contribution in [0.5, 0.6) is 0 Å². The van der Waals surface area contributed by atoms with Gasteiger partial charge in [0.05, 0.1) is 11.2 Å². The molecule has 116 valence electrons. The topological polar surface area (TPSA) is 38.7 Å². The second-order valence-electron chi connectivity index (χ2n) is 5.59. The van der Waals surface area contributed by atoms with Crippen molar-refractivity contribution in [3.05, 3.63) is 78.2 Å². The SMILES string of the molecule is Cc1cccc(-c2nc(-c3ccccc3)c3cc(F)ccc3n2)n1. The molecule has 0 aliphatic rings. The van der Waals surface area contributed by atoms with Crippen molar-refractivity contribution < 1.29 is 4.39 Å². The van der Waals surface area contributed by atoms with Gasteiger partial charge in [0, 0.05) is 16.6 Å². The van der Waals surface area contributed by atoms with E-state index in [1.54, 1.807) is 6.07 Å². The normalized spacial score (nSPS) is 10.9. The molecule has 0 bridgehead atoms. The van der Waals surface area contributed by atoms with Crippen molar-refractivity contribution in [3.8, 4) is 22.8 Å². The minimum Gasteiger partial charge on any atom is -0.250 e. The fourth-order valence-corrected chi connectivity index (χ4v) is 2.70. The Kier molecular flexibility index (Phi) is 3.50. The summed E-state index contributed by atoms with van der Waals surface area (Å²) in [6.07, 6.45) is 0. The molecule has 2 aromatic heterocycles. The first kappa shape index (κ1) is 14.5. The second kappa shape index (κ2) is 5.81. The van der Waals surface area contributed by atoms with Gasteiger partial charge in [0.15, 0.2) is 5.82 Å². The van der Waals surface area contributed by atoms with E-state index in [0.717, 1.165) is 11.3 Å². The Bertz CT molecular complexity index is 1030. The Morgan fingerprint density at radius 1 is 0.792 bits per heavy atom. The quantitative estimate of drug-likeness (QED) is 0.533. The molecule has 0 unspecified atom stereocenters. The molecular weight excluding hydrogens is 301 g/mol. The number of benzene rings is 2. The van der Waals surface area contributed by atoms with Crippen molar-refractivity contribution in [2.75, 3.05) is 0 Å². The highest BCUT2D eigenvalue weighted by molar-refractivity contribution is 5.93. The van der Waals surface area contributed by atoms with Crippen LogP contribution in [-0.2, 0) is 0 Å². The molecule has 0 atom stereocenters. The van der Waals surface area contributed by atoms with Gasteiger partial charge < -0.3 is 0 Å². The fraction of sp³-hybridized carbons (Fsp3) is 0.0500. The van der Waals surface area contributed by atoms with E-state index >= 15 is 0 Å². The third-order valence-corrected chi connectivity index (χ3v) is 3.82. The van der Waals surface area contributed by atoms with Crippen LogP contribution < -0.4 is 0 Å². The molecule has 0 fully saturated rings. The minimum absolute atomic E-state index is 0.301. The van der Waals surface area contributed by atoms with Crippen LogP contribution in [0.4, 0.5) is 4.39 Å². The van der Waals surface area contributed by atoms with Crippen LogP contribution in [0, 0.1) is 12.7 Å². The van der Waals surface area contributed by atoms with E-state index in [2.05, 4.69) is 15.0 Å². The average molecular weight is 315 g/mol. The smallest absolute Gasteiger partial charge is 0.179 e. The van der Waals surface area contributed by atoms with Gasteiger partial charge in [-0.05, 0) is 37.3 Å². The summed E-state index contributed by atoms with van der Waals surface area (Å²) < 4.78 is 13.7. The monoisotopic (exact) mass is 315 g/mol. The van der Waals surface area contributed by atoms with Crippen LogP contribution in [0.15, 0.2) is 66.7 Å². The molecule has 2 aromatic carbocycles. The Morgan fingerprint density at radius 2 is 1.62 bits per heavy atom. The number of hydrogen-bond acceptors (Lipinski definition) is 3. The summed E-state index contributed by atoms with van der Waals surface area (Å²) in [6.45, 7) is 1.93. The first-order valence-electron chi connectivity index (χ1n) is 7.67. The minimum atomic E-state index is -0.301. The van der Waals surface area contributed by atoms with Gasteiger partial charge in [-0.3, -0.25) is 0 Å². The summed E-state index contributed by atoms with van der Waals surface area (Å²) in [7, 11) is 0. The summed E-state index contributed by atoms with van der Waals surface area (Å²) in [5.41, 5.74) is 3.93. The Labute approximate surface area is 138 Å². The van der Waals surface area contributed by atoms with E-state index in [-0.39, 0.29) is 5.82 Å². The van der Waals surface area contributed by atoms with Crippen LogP contribution in [0.3, 0.4) is 0 Å². The summed E-state index contributed by atoms with van der Waals surface area (Å²) >= 11 is 0. The first-order valence-corrected chi connectivity index (χ1v) is 7.67. The largest absolute Gasteiger partial charge is 0.250 e. The third kappa shape index (κ3) is 2.63. The molecule has 0 N–H and O–H groups in total. The van der Waals surface area contributed by atoms with Crippen molar-refractivity contribution in [2.24, 2.45) is 0 Å². The van der Waals surface area contributed by atoms with Gasteiger partial charge in [0.2, 0.25) is 0 Å². The number of aromatic nitrogens is 3. The molecule has 2 heterocycles. The van der Waals surface area contributed by atoms with Crippen LogP contribution >= 0.6 is 0 Å². The molecule has 4 heteroatoms. The average Bonchev–Trinajstić information content (AvgIpc) is 2.61. The van der Waals surface area contributed by atoms with Crippen LogP contribution in [-0.4, -0.2) is 15.0 Å². The van der Waals surface area contributed by atoms with Gasteiger partial charge in [-0.2, -0.15) is 0 Å². The van der Waals surface area contributed by atoms with Crippen LogP contribution in [0.1, 0.15) is 5.69 Å². The maximum Gasteiger partial charge on any atom is 0.179 e. The molecule has 0 aliphatic carbocycles. The lowest BCUT2D eigenvalue weighted by atomic mass is 10.1. The number of fused-ring (bicyclic) bond motifs is 1. The number of rotatable bonds is 2. The summed E-state index contributed by atoms with van der Waals surface area (Å²) in [4.78, 5) is 13.8. The Balaban J connectivity index is 2.03. The van der Waals surface area contributed by atoms with Crippen molar-refractivity contribution in [1.82, 2.24) is 15.0 Å². The Hall–Kier alpha value is -3.14. The van der Waals surface area contributed by atoms with Gasteiger partial charge >= 0.3 is 0 Å². The number of aryl methyl sites for hydroxylation is 1. The van der Waals surface area contributed by atoms with Gasteiger partial charge in [-0.1, -0.05) is 36.4 Å². The number of pyridine rings is 1. The summed E-state index contributed by atoms with van der Waals surface area (Å²) in [5, 5.41) is 0.692. The second-order valence-corrected chi connectivity index (χ2v) is 5.59. The predicted molar refractivity (Wildman–Crippen MR) is 92.9 cm³/mol. The molecule has 0 saturated carbocycles. The standard InChI is InChI=1S/C20H14FN3/c1-13-6-5-9-18(22-13)20-23-17-11-10-15(21)12-16(17)19(24-20)14-7-3-2-4-8-14/h2-12H,1H3. The maximum atomic E-state index is 13.7. The van der Waals surface area contributed by atoms with Gasteiger partial charge in [-0.15, -0.1) is 0 Å². The number of halogens is 1. The molecule has 0 spiro atoms. The zero-order chi connectivity index (χ0) is 16.5. The van der Waals surface area contributed by atoms with Gasteiger partial charge in [-0.25, -0.2) is 19.3 Å². The molecule has 3 nitrogen and oxygen atoms in total. The van der Waals surface area contributed by atoms with Gasteiger partial charge in [0.25, 0.3) is 0 Å². The maximum absolute atomic E-state index is 13.7. The molecule has 24 heavy (non-hydrogen) atoms. The van der Waals surface area contributed by atoms with E-state index in [0.29, 0.717) is 28.1 Å². The molecule has 0 aliphatic heterocycles. The molecule has 4 rings (SSSR count). The van der Waals surface area contributed by atoms with E-state index < -0.39 is 0 Å². The van der Waals surface area contributed by atoms with Crippen molar-refractivity contribution in [3.63, 3.8) is 0 Å². The van der Waals surface area contributed by atoms with E-state index in [1.807, 2.05) is 55.5 Å². The zero-order valence-corrected chi connectivity index (χ0v) is 13.1. The molecule has 0 saturated heterocycles. The number of hydrogen-bond donors (Lipinski definition) is 0. The highest BCUT2D eigenvalue weighted by atomic mass is 19.1. The van der Waals surface area contributed by atoms with Crippen LogP contribution in [0.25, 0.3) is 33.7 Å². The van der Waals surface area contributed by atoms with E-state index in [9.17, 15) is 4.39 Å². The lowest BCUT2D eigenvalue weighted by Crippen LogP contribution is -1.97. The lowest BCUT2D eigenvalue weighted by Gasteiger charge is -2.09. The van der Waals surface area contributed by atoms with Crippen molar-refractivity contribution in [1.29, 1.82) is 0 Å². The lowest BCUT2D eigenvalue weighted by molar-refractivity contribution is 0.629. The fourth-order valence-electron chi connectivity index (χ4n) is 2.70. The van der Waals surface area contributed by atoms with Crippen molar-refractivity contribution >= 4 is 10.9 Å². The highest BCUT2D eigenvalue weighted by Crippen LogP contribution is 2.29. The first-order chi connectivity index (χ1) is 11.7. The van der Waals surface area contributed by atoms with Crippen molar-refractivity contribution in [2.45, 2.75) is 6.92 Å². The third-order valence-electron chi connectivity index (χ3n) is 3.82. The van der Waals surface area contributed by atoms with Gasteiger partial charge in [0.1, 0.15) is 11.5 Å². The number of nitrogens with zero attached hydrogens (tertiary/aromatic N) is 3. The Morgan fingerprint density at radius 3 is 2.42 bits per heavy atom. The molecule has 0 radical (unpaired) electrons. The molecular formula is C20H14FN3. The van der Waals surface area contributed by atoms with Crippen LogP contribution in [0.2, 0.25) is 0 Å². The molecule has 4 aromatic rings. The van der Waals surface area contributed by atoms with E-state index in [4.69, 9.17) is 0 Å². The molecule has 0 amide bonds. The van der Waals surface area contributed by atoms with E-state index in [1.165, 1.54) is 12.1 Å². The zero-order valence-electron chi connectivity index (χ0n) is 13.1. The summed E-state index contributed by atoms with van der Waals surface area (Å²) in [6, 6.07) is 20.0. The summed E-state index contributed by atoms with van der Waals surface area (Å²) in [5.74, 6) is 0.237. The predicted octanol–water partition coefficient (Wildman–Crippen LogP) is 4.81.